The molecule has 42 heavy (non-hydrogen) atoms. The molecule has 0 aromatic heterocycles. The number of likely N-dealkylation sites (N-methyl/N-ethyl adjacent to an activating group) is 3. The number of hydrogen-bond acceptors (Lipinski definition) is 11. The van der Waals surface area contributed by atoms with Crippen molar-refractivity contribution in [3.05, 3.63) is 45.4 Å². The highest BCUT2D eigenvalue weighted by Crippen LogP contribution is 2.53. The molecule has 0 bridgehead atoms. The molecule has 3 aliphatic carbocycles. The number of aliphatic hydroxyl groups excluding tert-OH is 2. The number of Topliss-reactive ketones (excluding diaryl/α,β-unsaturated/α-hetero) is 2. The minimum atomic E-state index is -2.70. The summed E-state index contributed by atoms with van der Waals surface area (Å²) in [7, 11) is 11.7. The van der Waals surface area contributed by atoms with Crippen LogP contribution in [0.25, 0.3) is 0 Å². The Labute approximate surface area is 244 Å². The highest BCUT2D eigenvalue weighted by molar-refractivity contribution is 6.25. The molecule has 13 heteroatoms. The number of carbonyl (C=O) groups excluding carboxylic acids is 4. The molecule has 4 rings (SSSR count). The van der Waals surface area contributed by atoms with Crippen molar-refractivity contribution in [1.29, 1.82) is 0 Å². The number of phenols is 1. The molecule has 0 fully saturated rings. The molecule has 0 saturated carbocycles. The number of primary amides is 1. The van der Waals surface area contributed by atoms with Crippen LogP contribution in [0, 0.1) is 11.8 Å². The van der Waals surface area contributed by atoms with Gasteiger partial charge in [0.2, 0.25) is 11.7 Å². The number of allylic oxidation sites excluding steroid dienone is 1. The van der Waals surface area contributed by atoms with Gasteiger partial charge in [-0.1, -0.05) is 0 Å². The Bertz CT molecular complexity index is 1450. The van der Waals surface area contributed by atoms with Crippen LogP contribution in [0.3, 0.4) is 0 Å². The number of ketones is 2. The van der Waals surface area contributed by atoms with E-state index in [9.17, 15) is 39.6 Å². The first-order valence-corrected chi connectivity index (χ1v) is 13.5. The van der Waals surface area contributed by atoms with Gasteiger partial charge in [0.05, 0.1) is 18.2 Å². The van der Waals surface area contributed by atoms with Gasteiger partial charge in [-0.15, -0.1) is 0 Å². The number of aromatic hydroxyl groups is 1. The second-order valence-corrected chi connectivity index (χ2v) is 12.1. The zero-order valence-corrected chi connectivity index (χ0v) is 24.9. The van der Waals surface area contributed by atoms with Crippen LogP contribution in [-0.4, -0.2) is 126 Å². The predicted molar refractivity (Wildman–Crippen MR) is 153 cm³/mol. The number of phenolic OH excluding ortho intramolecular Hbond substituents is 1. The Morgan fingerprint density at radius 1 is 1.05 bits per heavy atom. The van der Waals surface area contributed by atoms with Crippen molar-refractivity contribution in [2.75, 3.05) is 60.8 Å². The van der Waals surface area contributed by atoms with Crippen molar-refractivity contribution in [1.82, 2.24) is 14.7 Å². The summed E-state index contributed by atoms with van der Waals surface area (Å²) in [5.74, 6) is -7.06. The van der Waals surface area contributed by atoms with Crippen molar-refractivity contribution in [2.45, 2.75) is 31.0 Å². The summed E-state index contributed by atoms with van der Waals surface area (Å²) in [6, 6.07) is 0.701. The molecule has 0 unspecified atom stereocenters. The third-order valence-electron chi connectivity index (χ3n) is 8.60. The Kier molecular flexibility index (Phi) is 7.91. The normalized spacial score (nSPS) is 25.4. The minimum absolute atomic E-state index is 0.0104. The summed E-state index contributed by atoms with van der Waals surface area (Å²) in [6.07, 6.45) is 0.196. The molecule has 0 radical (unpaired) electrons. The zero-order chi connectivity index (χ0) is 31.6. The summed E-state index contributed by atoms with van der Waals surface area (Å²) in [6.45, 7) is 0.192. The molecule has 1 aromatic rings. The lowest BCUT2D eigenvalue weighted by Gasteiger charge is -2.50. The second kappa shape index (κ2) is 10.7. The van der Waals surface area contributed by atoms with Crippen molar-refractivity contribution in [2.24, 2.45) is 17.6 Å². The fraction of sp³-hybridized carbons (Fsp3) is 0.517. The van der Waals surface area contributed by atoms with E-state index in [2.05, 4.69) is 0 Å². The van der Waals surface area contributed by atoms with Gasteiger partial charge in [0, 0.05) is 57.5 Å². The van der Waals surface area contributed by atoms with Crippen LogP contribution in [0.4, 0.5) is 5.69 Å². The fourth-order valence-electron chi connectivity index (χ4n) is 6.59. The van der Waals surface area contributed by atoms with Gasteiger partial charge < -0.3 is 36.0 Å². The minimum Gasteiger partial charge on any atom is -0.510 e. The Balaban J connectivity index is 1.88. The van der Waals surface area contributed by atoms with E-state index in [0.29, 0.717) is 16.8 Å². The van der Waals surface area contributed by atoms with Gasteiger partial charge in [-0.25, -0.2) is 0 Å². The number of aliphatic hydroxyl groups is 3. The van der Waals surface area contributed by atoms with Gasteiger partial charge in [0.1, 0.15) is 22.8 Å². The maximum absolute atomic E-state index is 14.1. The van der Waals surface area contributed by atoms with Crippen molar-refractivity contribution in [3.8, 4) is 5.75 Å². The molecule has 0 saturated heterocycles. The Morgan fingerprint density at radius 2 is 1.67 bits per heavy atom. The number of benzene rings is 1. The molecule has 2 amide bonds. The van der Waals surface area contributed by atoms with Gasteiger partial charge in [-0.3, -0.25) is 29.0 Å². The average Bonchev–Trinajstić information content (AvgIpc) is 2.87. The van der Waals surface area contributed by atoms with E-state index in [1.807, 2.05) is 0 Å². The van der Waals surface area contributed by atoms with E-state index < -0.39 is 58.0 Å². The third kappa shape index (κ3) is 4.61. The first-order valence-electron chi connectivity index (χ1n) is 13.5. The van der Waals surface area contributed by atoms with Crippen LogP contribution < -0.4 is 10.6 Å². The largest absolute Gasteiger partial charge is 0.510 e. The fourth-order valence-corrected chi connectivity index (χ4v) is 6.59. The molecular weight excluding hydrogens is 546 g/mol. The molecule has 228 valence electrons. The lowest BCUT2D eigenvalue weighted by molar-refractivity contribution is -0.148. The van der Waals surface area contributed by atoms with Gasteiger partial charge >= 0.3 is 0 Å². The quantitative estimate of drug-likeness (QED) is 0.265. The first kappa shape index (κ1) is 31.0. The maximum atomic E-state index is 14.1. The van der Waals surface area contributed by atoms with Crippen LogP contribution in [0.2, 0.25) is 0 Å². The first-order chi connectivity index (χ1) is 19.4. The number of hydrogen-bond donors (Lipinski definition) is 5. The third-order valence-corrected chi connectivity index (χ3v) is 8.60. The maximum Gasteiger partial charge on any atom is 0.255 e. The molecule has 6 N–H and O–H groups in total. The summed E-state index contributed by atoms with van der Waals surface area (Å²) in [4.78, 5) is 58.5. The van der Waals surface area contributed by atoms with Crippen molar-refractivity contribution >= 4 is 29.1 Å². The Morgan fingerprint density at radius 3 is 2.19 bits per heavy atom. The van der Waals surface area contributed by atoms with E-state index in [4.69, 9.17) is 5.73 Å². The number of nitrogens with zero attached hydrogens (tertiary/aromatic N) is 4. The molecule has 1 aromatic carbocycles. The van der Waals surface area contributed by atoms with Gasteiger partial charge in [-0.2, -0.15) is 0 Å². The molecule has 4 atom stereocenters. The number of fused-ring (bicyclic) bond motifs is 3. The van der Waals surface area contributed by atoms with Gasteiger partial charge in [0.25, 0.3) is 5.91 Å². The molecule has 0 spiro atoms. The lowest BCUT2D eigenvalue weighted by atomic mass is 9.58. The highest BCUT2D eigenvalue weighted by Gasteiger charge is 2.63. The van der Waals surface area contributed by atoms with Gasteiger partial charge in [-0.05, 0) is 51.5 Å². The molecule has 0 heterocycles. The molecule has 3 aliphatic rings. The Hall–Kier alpha value is -3.94. The number of anilines is 1. The molecular formula is C29H39N5O8. The standard InChI is InChI=1S/C29H39N5O8/c1-31(2)17-10-14(11-34(7)12-18(35)32(3)4)23(36)20-15(17)8-13-9-16-22(33(5)6)25(38)21(28(30)41)27(40)29(16,42)26(39)19(13)24(20)37/h10,13,16,22,36,38-39,42H,8-9,11-12H2,1-7H3,(H2,30,41)/t13-,16-,22-,29-/m0/s1. The van der Waals surface area contributed by atoms with E-state index in [1.165, 1.54) is 9.80 Å². The van der Waals surface area contributed by atoms with Gasteiger partial charge in [0.15, 0.2) is 11.4 Å². The zero-order valence-electron chi connectivity index (χ0n) is 24.9. The van der Waals surface area contributed by atoms with Crippen LogP contribution >= 0.6 is 0 Å². The van der Waals surface area contributed by atoms with Crippen molar-refractivity contribution in [3.63, 3.8) is 0 Å². The van der Waals surface area contributed by atoms with E-state index in [-0.39, 0.29) is 48.7 Å². The summed E-state index contributed by atoms with van der Waals surface area (Å²) < 4.78 is 0. The number of nitrogens with two attached hydrogens (primary N) is 1. The lowest BCUT2D eigenvalue weighted by Crippen LogP contribution is -2.63. The van der Waals surface area contributed by atoms with E-state index in [0.717, 1.165) is 0 Å². The van der Waals surface area contributed by atoms with Crippen LogP contribution in [0.5, 0.6) is 5.75 Å². The number of carbonyl (C=O) groups is 4. The smallest absolute Gasteiger partial charge is 0.255 e. The average molecular weight is 586 g/mol. The second-order valence-electron chi connectivity index (χ2n) is 12.1. The van der Waals surface area contributed by atoms with Crippen LogP contribution in [0.15, 0.2) is 28.7 Å². The van der Waals surface area contributed by atoms with Crippen LogP contribution in [-0.2, 0) is 27.3 Å². The highest BCUT2D eigenvalue weighted by atomic mass is 16.3. The monoisotopic (exact) mass is 585 g/mol. The predicted octanol–water partition coefficient (Wildman–Crippen LogP) is -0.293. The molecule has 0 aliphatic heterocycles. The SMILES string of the molecule is CN(CC(=O)N(C)C)Cc1cc(N(C)C)c2c(c1O)C(=O)C1=C(O)[C@]3(O)C(=O)C(C(N)=O)=C(O)[C@@H](N(C)C)[C@@H]3C[C@@H]1C2. The number of amides is 2. The van der Waals surface area contributed by atoms with Crippen molar-refractivity contribution < 1.29 is 39.6 Å². The summed E-state index contributed by atoms with van der Waals surface area (Å²) in [5.41, 5.74) is 3.12. The van der Waals surface area contributed by atoms with E-state index >= 15 is 0 Å². The number of rotatable bonds is 7. The van der Waals surface area contributed by atoms with Crippen LogP contribution in [0.1, 0.15) is 27.9 Å². The van der Waals surface area contributed by atoms with E-state index in [1.54, 1.807) is 65.2 Å². The molecule has 13 nitrogen and oxygen atoms in total. The topological polar surface area (TPSA) is 188 Å². The summed E-state index contributed by atoms with van der Waals surface area (Å²) in [5, 5.41) is 45.6. The summed E-state index contributed by atoms with van der Waals surface area (Å²) >= 11 is 0.